The van der Waals surface area contributed by atoms with Crippen molar-refractivity contribution >= 4 is 62.4 Å². The molecule has 0 fully saturated rings. The van der Waals surface area contributed by atoms with Gasteiger partial charge in [0.05, 0.1) is 32.2 Å². The van der Waals surface area contributed by atoms with Gasteiger partial charge < -0.3 is 9.73 Å². The predicted octanol–water partition coefficient (Wildman–Crippen LogP) is 6.52. The van der Waals surface area contributed by atoms with E-state index in [9.17, 15) is 4.79 Å². The van der Waals surface area contributed by atoms with Gasteiger partial charge in [0.15, 0.2) is 0 Å². The molecule has 0 saturated heterocycles. The molecule has 0 unspecified atom stereocenters. The number of nitrogens with one attached hydrogen (secondary N) is 1. The van der Waals surface area contributed by atoms with Gasteiger partial charge in [-0.3, -0.25) is 4.79 Å². The third kappa shape index (κ3) is 3.90. The number of nitrogens with zero attached hydrogens (tertiary/aromatic N) is 1. The van der Waals surface area contributed by atoms with Gasteiger partial charge in [-0.25, -0.2) is 4.98 Å². The Morgan fingerprint density at radius 1 is 1.11 bits per heavy atom. The van der Waals surface area contributed by atoms with Crippen LogP contribution in [0.3, 0.4) is 0 Å². The van der Waals surface area contributed by atoms with E-state index in [1.807, 2.05) is 24.3 Å². The summed E-state index contributed by atoms with van der Waals surface area (Å²) in [5.74, 6) is 0.258. The molecule has 0 bridgehead atoms. The van der Waals surface area contributed by atoms with E-state index < -0.39 is 0 Å². The van der Waals surface area contributed by atoms with Crippen LogP contribution < -0.4 is 5.32 Å². The van der Waals surface area contributed by atoms with Gasteiger partial charge in [0, 0.05) is 11.6 Å². The van der Waals surface area contributed by atoms with Crippen molar-refractivity contribution in [3.05, 3.63) is 76.7 Å². The number of amides is 1. The molecule has 4 nitrogen and oxygen atoms in total. The molecule has 0 aliphatic carbocycles. The number of thiazole rings is 1. The maximum absolute atomic E-state index is 12.2. The van der Waals surface area contributed by atoms with Crippen LogP contribution in [0, 0.1) is 0 Å². The van der Waals surface area contributed by atoms with Gasteiger partial charge in [0.1, 0.15) is 10.8 Å². The van der Waals surface area contributed by atoms with Gasteiger partial charge in [-0.05, 0) is 42.5 Å². The number of aromatic nitrogens is 1. The fraction of sp³-hybridized carbons (Fsp3) is 0. The molecular weight excluding hydrogens is 403 g/mol. The zero-order chi connectivity index (χ0) is 18.8. The van der Waals surface area contributed by atoms with Crippen LogP contribution in [0.4, 0.5) is 5.69 Å². The first kappa shape index (κ1) is 17.8. The second-order valence-electron chi connectivity index (χ2n) is 5.64. The fourth-order valence-corrected chi connectivity index (χ4v) is 4.09. The van der Waals surface area contributed by atoms with Crippen LogP contribution in [-0.2, 0) is 4.79 Å². The summed E-state index contributed by atoms with van der Waals surface area (Å²) < 4.78 is 6.22. The Hall–Kier alpha value is -2.60. The third-order valence-corrected chi connectivity index (χ3v) is 5.48. The molecule has 0 spiro atoms. The van der Waals surface area contributed by atoms with Crippen molar-refractivity contribution in [2.45, 2.75) is 0 Å². The van der Waals surface area contributed by atoms with Crippen LogP contribution in [-0.4, -0.2) is 10.9 Å². The van der Waals surface area contributed by atoms with E-state index >= 15 is 0 Å². The summed E-state index contributed by atoms with van der Waals surface area (Å²) in [5.41, 5.74) is 2.08. The van der Waals surface area contributed by atoms with Gasteiger partial charge in [-0.1, -0.05) is 35.3 Å². The second-order valence-corrected chi connectivity index (χ2v) is 7.48. The maximum atomic E-state index is 12.2. The molecule has 134 valence electrons. The number of hydrogen-bond donors (Lipinski definition) is 1. The third-order valence-electron chi connectivity index (χ3n) is 3.78. The Balaban J connectivity index is 1.64. The lowest BCUT2D eigenvalue weighted by atomic mass is 10.2. The first-order valence-corrected chi connectivity index (χ1v) is 9.55. The van der Waals surface area contributed by atoms with Crippen molar-refractivity contribution in [2.24, 2.45) is 0 Å². The lowest BCUT2D eigenvalue weighted by Crippen LogP contribution is -2.08. The molecule has 7 heteroatoms. The minimum atomic E-state index is -0.328. The van der Waals surface area contributed by atoms with Gasteiger partial charge in [-0.15, -0.1) is 11.3 Å². The van der Waals surface area contributed by atoms with Crippen molar-refractivity contribution in [3.63, 3.8) is 0 Å². The van der Waals surface area contributed by atoms with Crippen LogP contribution in [0.2, 0.25) is 10.0 Å². The largest absolute Gasteiger partial charge is 0.465 e. The maximum Gasteiger partial charge on any atom is 0.248 e. The highest BCUT2D eigenvalue weighted by Crippen LogP contribution is 2.38. The van der Waals surface area contributed by atoms with E-state index in [0.29, 0.717) is 27.1 Å². The average Bonchev–Trinajstić information content (AvgIpc) is 3.31. The zero-order valence-electron chi connectivity index (χ0n) is 13.8. The van der Waals surface area contributed by atoms with E-state index in [4.69, 9.17) is 27.6 Å². The Morgan fingerprint density at radius 3 is 2.74 bits per heavy atom. The standard InChI is InChI=1S/C20H12Cl2N2O2S/c21-14-11-15(22)17(23-19(25)8-7-12-4-3-9-26-12)10-13(14)20-24-16-5-1-2-6-18(16)27-20/h1-11H,(H,23,25). The minimum absolute atomic E-state index is 0.328. The number of carbonyl (C=O) groups excluding carboxylic acids is 1. The van der Waals surface area contributed by atoms with Gasteiger partial charge in [0.25, 0.3) is 0 Å². The normalized spacial score (nSPS) is 11.3. The molecule has 4 rings (SSSR count). The van der Waals surface area contributed by atoms with Crippen molar-refractivity contribution in [1.82, 2.24) is 4.98 Å². The monoisotopic (exact) mass is 414 g/mol. The first-order valence-electron chi connectivity index (χ1n) is 7.98. The summed E-state index contributed by atoms with van der Waals surface area (Å²) in [5, 5.41) is 4.35. The molecule has 0 aliphatic heterocycles. The van der Waals surface area contributed by atoms with E-state index in [1.54, 1.807) is 30.3 Å². The molecule has 0 atom stereocenters. The van der Waals surface area contributed by atoms with Crippen molar-refractivity contribution < 1.29 is 9.21 Å². The van der Waals surface area contributed by atoms with E-state index in [1.165, 1.54) is 23.7 Å². The molecule has 1 amide bonds. The zero-order valence-corrected chi connectivity index (χ0v) is 16.1. The molecule has 2 aromatic heterocycles. The summed E-state index contributed by atoms with van der Waals surface area (Å²) >= 11 is 14.2. The van der Waals surface area contributed by atoms with Crippen LogP contribution >= 0.6 is 34.5 Å². The van der Waals surface area contributed by atoms with Crippen LogP contribution in [0.5, 0.6) is 0 Å². The summed E-state index contributed by atoms with van der Waals surface area (Å²) in [6.07, 6.45) is 4.49. The highest BCUT2D eigenvalue weighted by atomic mass is 35.5. The molecule has 0 saturated carbocycles. The van der Waals surface area contributed by atoms with Crippen LogP contribution in [0.1, 0.15) is 5.76 Å². The predicted molar refractivity (Wildman–Crippen MR) is 111 cm³/mol. The Bertz CT molecular complexity index is 1120. The van der Waals surface area contributed by atoms with Crippen LogP contribution in [0.25, 0.3) is 26.9 Å². The highest BCUT2D eigenvalue weighted by Gasteiger charge is 2.14. The molecule has 2 heterocycles. The van der Waals surface area contributed by atoms with E-state index in [0.717, 1.165) is 15.2 Å². The lowest BCUT2D eigenvalue weighted by Gasteiger charge is -2.09. The molecule has 2 aromatic carbocycles. The van der Waals surface area contributed by atoms with E-state index in [-0.39, 0.29) is 5.91 Å². The SMILES string of the molecule is O=C(C=Cc1ccco1)Nc1cc(-c2nc3ccccc3s2)c(Cl)cc1Cl. The van der Waals surface area contributed by atoms with Crippen molar-refractivity contribution in [2.75, 3.05) is 5.32 Å². The summed E-state index contributed by atoms with van der Waals surface area (Å²) in [6, 6.07) is 14.7. The number of hydrogen-bond acceptors (Lipinski definition) is 4. The number of fused-ring (bicyclic) bond motifs is 1. The Labute approximate surface area is 169 Å². The van der Waals surface area contributed by atoms with Gasteiger partial charge in [-0.2, -0.15) is 0 Å². The van der Waals surface area contributed by atoms with Crippen molar-refractivity contribution in [1.29, 1.82) is 0 Å². The number of rotatable bonds is 4. The lowest BCUT2D eigenvalue weighted by molar-refractivity contribution is -0.111. The second kappa shape index (κ2) is 7.56. The van der Waals surface area contributed by atoms with Gasteiger partial charge in [0.2, 0.25) is 5.91 Å². The number of anilines is 1. The minimum Gasteiger partial charge on any atom is -0.465 e. The highest BCUT2D eigenvalue weighted by molar-refractivity contribution is 7.21. The first-order chi connectivity index (χ1) is 13.1. The smallest absolute Gasteiger partial charge is 0.248 e. The molecule has 27 heavy (non-hydrogen) atoms. The number of benzene rings is 2. The number of para-hydroxylation sites is 1. The van der Waals surface area contributed by atoms with Crippen LogP contribution in [0.15, 0.2) is 65.3 Å². The van der Waals surface area contributed by atoms with E-state index in [2.05, 4.69) is 10.3 Å². The Morgan fingerprint density at radius 2 is 1.96 bits per heavy atom. The molecule has 1 N–H and O–H groups in total. The van der Waals surface area contributed by atoms with Crippen molar-refractivity contribution in [3.8, 4) is 10.6 Å². The topological polar surface area (TPSA) is 55.1 Å². The molecule has 0 radical (unpaired) electrons. The summed E-state index contributed by atoms with van der Waals surface area (Å²) in [4.78, 5) is 16.8. The average molecular weight is 415 g/mol. The fourth-order valence-electron chi connectivity index (χ4n) is 2.51. The summed E-state index contributed by atoms with van der Waals surface area (Å²) in [6.45, 7) is 0. The summed E-state index contributed by atoms with van der Waals surface area (Å²) in [7, 11) is 0. The number of furan rings is 1. The Kier molecular flexibility index (Phi) is 4.99. The number of carbonyl (C=O) groups is 1. The number of halogens is 2. The molecule has 0 aliphatic rings. The molecular formula is C20H12Cl2N2O2S. The molecule has 4 aromatic rings. The quantitative estimate of drug-likeness (QED) is 0.387. The van der Waals surface area contributed by atoms with Gasteiger partial charge >= 0.3 is 0 Å².